The van der Waals surface area contributed by atoms with E-state index in [2.05, 4.69) is 0 Å². The van der Waals surface area contributed by atoms with E-state index in [1.807, 2.05) is 11.0 Å². The van der Waals surface area contributed by atoms with Crippen molar-refractivity contribution in [2.24, 2.45) is 0 Å². The summed E-state index contributed by atoms with van der Waals surface area (Å²) >= 11 is 0. The van der Waals surface area contributed by atoms with Gasteiger partial charge in [0.2, 0.25) is 0 Å². The van der Waals surface area contributed by atoms with Gasteiger partial charge < -0.3 is 5.11 Å². The lowest BCUT2D eigenvalue weighted by molar-refractivity contribution is -0.144. The molecule has 2 rings (SSSR count). The molecule has 100 valence electrons. The number of hydrogen-bond acceptors (Lipinski definition) is 3. The summed E-state index contributed by atoms with van der Waals surface area (Å²) in [7, 11) is 0. The average Bonchev–Trinajstić information content (AvgIpc) is 2.38. The molecule has 1 unspecified atom stereocenters. The third kappa shape index (κ3) is 3.30. The number of halogens is 1. The summed E-state index contributed by atoms with van der Waals surface area (Å²) in [5.41, 5.74) is 0.906. The Balaban J connectivity index is 2.17. The first-order valence-electron chi connectivity index (χ1n) is 6.26. The Hall–Kier alpha value is -1.93. The first kappa shape index (κ1) is 13.5. The molecule has 1 aliphatic rings. The molecule has 0 aromatic heterocycles. The van der Waals surface area contributed by atoms with E-state index in [1.54, 1.807) is 6.07 Å². The number of rotatable bonds is 3. The molecule has 0 radical (unpaired) electrons. The van der Waals surface area contributed by atoms with Crippen LogP contribution in [0.25, 0.3) is 0 Å². The summed E-state index contributed by atoms with van der Waals surface area (Å²) in [5, 5.41) is 18.0. The van der Waals surface area contributed by atoms with Gasteiger partial charge >= 0.3 is 5.97 Å². The van der Waals surface area contributed by atoms with Gasteiger partial charge in [-0.15, -0.1) is 0 Å². The van der Waals surface area contributed by atoms with Crippen molar-refractivity contribution < 1.29 is 14.3 Å². The standard InChI is InChI=1S/C14H15FN2O2/c15-12-6-10(8-16)5-11(7-12)9-17-4-2-1-3-13(17)14(18)19/h5-7,13H,1-4,9H2,(H,18,19). The number of piperidine rings is 1. The second-order valence-corrected chi connectivity index (χ2v) is 4.78. The summed E-state index contributed by atoms with van der Waals surface area (Å²) < 4.78 is 13.3. The van der Waals surface area contributed by atoms with Crippen molar-refractivity contribution >= 4 is 5.97 Å². The van der Waals surface area contributed by atoms with Crippen LogP contribution in [-0.4, -0.2) is 28.6 Å². The van der Waals surface area contributed by atoms with Crippen LogP contribution in [0, 0.1) is 17.1 Å². The Morgan fingerprint density at radius 3 is 2.95 bits per heavy atom. The Labute approximate surface area is 111 Å². The fraction of sp³-hybridized carbons (Fsp3) is 0.429. The van der Waals surface area contributed by atoms with Gasteiger partial charge in [0.15, 0.2) is 0 Å². The highest BCUT2D eigenvalue weighted by atomic mass is 19.1. The van der Waals surface area contributed by atoms with Gasteiger partial charge in [-0.2, -0.15) is 5.26 Å². The molecule has 0 bridgehead atoms. The van der Waals surface area contributed by atoms with E-state index < -0.39 is 17.8 Å². The number of benzene rings is 1. The third-order valence-electron chi connectivity index (χ3n) is 3.37. The predicted octanol–water partition coefficient (Wildman–Crippen LogP) is 2.14. The second kappa shape index (κ2) is 5.81. The van der Waals surface area contributed by atoms with Crippen molar-refractivity contribution in [3.05, 3.63) is 35.1 Å². The van der Waals surface area contributed by atoms with Crippen LogP contribution < -0.4 is 0 Å². The van der Waals surface area contributed by atoms with Crippen LogP contribution in [0.4, 0.5) is 4.39 Å². The highest BCUT2D eigenvalue weighted by Gasteiger charge is 2.28. The second-order valence-electron chi connectivity index (χ2n) is 4.78. The molecule has 5 heteroatoms. The molecule has 1 saturated heterocycles. The van der Waals surface area contributed by atoms with E-state index in [4.69, 9.17) is 5.26 Å². The van der Waals surface area contributed by atoms with Crippen molar-refractivity contribution in [2.45, 2.75) is 31.8 Å². The van der Waals surface area contributed by atoms with Crippen molar-refractivity contribution in [1.29, 1.82) is 5.26 Å². The van der Waals surface area contributed by atoms with Crippen LogP contribution in [0.5, 0.6) is 0 Å². The highest BCUT2D eigenvalue weighted by Crippen LogP contribution is 2.20. The minimum atomic E-state index is -0.836. The first-order valence-corrected chi connectivity index (χ1v) is 6.26. The number of likely N-dealkylation sites (tertiary alicyclic amines) is 1. The molecule has 1 N–H and O–H groups in total. The normalized spacial score (nSPS) is 19.9. The Bertz CT molecular complexity index is 525. The summed E-state index contributed by atoms with van der Waals surface area (Å²) in [5.74, 6) is -1.30. The van der Waals surface area contributed by atoms with Crippen LogP contribution in [0.2, 0.25) is 0 Å². The monoisotopic (exact) mass is 262 g/mol. The van der Waals surface area contributed by atoms with Crippen LogP contribution in [-0.2, 0) is 11.3 Å². The van der Waals surface area contributed by atoms with Gasteiger partial charge in [0, 0.05) is 6.54 Å². The van der Waals surface area contributed by atoms with E-state index >= 15 is 0 Å². The topological polar surface area (TPSA) is 64.3 Å². The molecular formula is C14H15FN2O2. The number of hydrogen-bond donors (Lipinski definition) is 1. The molecule has 1 atom stereocenters. The molecule has 1 heterocycles. The Morgan fingerprint density at radius 2 is 2.26 bits per heavy atom. The lowest BCUT2D eigenvalue weighted by Gasteiger charge is -2.32. The zero-order valence-corrected chi connectivity index (χ0v) is 10.5. The van der Waals surface area contributed by atoms with Gasteiger partial charge in [-0.25, -0.2) is 4.39 Å². The molecule has 0 aliphatic carbocycles. The number of carboxylic acid groups (broad SMARTS) is 1. The first-order chi connectivity index (χ1) is 9.10. The summed E-state index contributed by atoms with van der Waals surface area (Å²) in [6, 6.07) is 5.53. The number of aliphatic carboxylic acids is 1. The van der Waals surface area contributed by atoms with Crippen molar-refractivity contribution in [1.82, 2.24) is 4.90 Å². The predicted molar refractivity (Wildman–Crippen MR) is 66.8 cm³/mol. The van der Waals surface area contributed by atoms with Gasteiger partial charge in [-0.3, -0.25) is 9.69 Å². The van der Waals surface area contributed by atoms with Gasteiger partial charge in [0.25, 0.3) is 0 Å². The molecule has 1 aromatic carbocycles. The lowest BCUT2D eigenvalue weighted by atomic mass is 10.0. The van der Waals surface area contributed by atoms with Crippen LogP contribution >= 0.6 is 0 Å². The van der Waals surface area contributed by atoms with Gasteiger partial charge in [-0.05, 0) is 43.1 Å². The van der Waals surface area contributed by atoms with Crippen molar-refractivity contribution in [3.63, 3.8) is 0 Å². The van der Waals surface area contributed by atoms with E-state index in [-0.39, 0.29) is 5.56 Å². The average molecular weight is 262 g/mol. The quantitative estimate of drug-likeness (QED) is 0.906. The Kier molecular flexibility index (Phi) is 4.13. The van der Waals surface area contributed by atoms with Crippen LogP contribution in [0.1, 0.15) is 30.4 Å². The van der Waals surface area contributed by atoms with Crippen molar-refractivity contribution in [3.8, 4) is 6.07 Å². The molecule has 1 aliphatic heterocycles. The zero-order chi connectivity index (χ0) is 13.8. The fourth-order valence-corrected chi connectivity index (χ4v) is 2.50. The van der Waals surface area contributed by atoms with Gasteiger partial charge in [0.05, 0.1) is 11.6 Å². The maximum atomic E-state index is 13.3. The van der Waals surface area contributed by atoms with E-state index in [9.17, 15) is 14.3 Å². The number of carboxylic acids is 1. The molecule has 1 fully saturated rings. The lowest BCUT2D eigenvalue weighted by Crippen LogP contribution is -2.44. The molecule has 4 nitrogen and oxygen atoms in total. The van der Waals surface area contributed by atoms with Crippen LogP contribution in [0.15, 0.2) is 18.2 Å². The maximum Gasteiger partial charge on any atom is 0.320 e. The summed E-state index contributed by atoms with van der Waals surface area (Å²) in [6.45, 7) is 1.05. The maximum absolute atomic E-state index is 13.3. The zero-order valence-electron chi connectivity index (χ0n) is 10.5. The SMILES string of the molecule is N#Cc1cc(F)cc(CN2CCCCC2C(=O)O)c1. The minimum absolute atomic E-state index is 0.263. The number of nitrogens with zero attached hydrogens (tertiary/aromatic N) is 2. The van der Waals surface area contributed by atoms with Crippen molar-refractivity contribution in [2.75, 3.05) is 6.54 Å². The molecule has 0 spiro atoms. The van der Waals surface area contributed by atoms with E-state index in [0.717, 1.165) is 12.8 Å². The molecule has 1 aromatic rings. The summed E-state index contributed by atoms with van der Waals surface area (Å²) in [6.07, 6.45) is 2.47. The molecular weight excluding hydrogens is 247 g/mol. The minimum Gasteiger partial charge on any atom is -0.480 e. The fourth-order valence-electron chi connectivity index (χ4n) is 2.50. The van der Waals surface area contributed by atoms with Gasteiger partial charge in [0.1, 0.15) is 11.9 Å². The smallest absolute Gasteiger partial charge is 0.320 e. The van der Waals surface area contributed by atoms with E-state index in [0.29, 0.717) is 25.1 Å². The molecule has 0 amide bonds. The summed E-state index contributed by atoms with van der Waals surface area (Å²) in [4.78, 5) is 13.0. The Morgan fingerprint density at radius 1 is 1.47 bits per heavy atom. The van der Waals surface area contributed by atoms with Crippen LogP contribution in [0.3, 0.4) is 0 Å². The number of nitriles is 1. The molecule has 19 heavy (non-hydrogen) atoms. The molecule has 0 saturated carbocycles. The van der Waals surface area contributed by atoms with E-state index in [1.165, 1.54) is 12.1 Å². The number of carbonyl (C=O) groups is 1. The highest BCUT2D eigenvalue weighted by molar-refractivity contribution is 5.73. The third-order valence-corrected chi connectivity index (χ3v) is 3.37. The largest absolute Gasteiger partial charge is 0.480 e. The van der Waals surface area contributed by atoms with Gasteiger partial charge in [-0.1, -0.05) is 6.42 Å².